The molecular formula is C15H24N4S. The lowest BCUT2D eigenvalue weighted by Crippen LogP contribution is -2.45. The Balaban J connectivity index is 1.90. The molecule has 20 heavy (non-hydrogen) atoms. The lowest BCUT2D eigenvalue weighted by atomic mass is 10.0. The third-order valence-electron chi connectivity index (χ3n) is 4.74. The summed E-state index contributed by atoms with van der Waals surface area (Å²) in [7, 11) is 4.36. The van der Waals surface area contributed by atoms with E-state index in [2.05, 4.69) is 39.9 Å². The van der Waals surface area contributed by atoms with Crippen LogP contribution in [0.25, 0.3) is 0 Å². The zero-order valence-electron chi connectivity index (χ0n) is 12.4. The maximum atomic E-state index is 5.40. The van der Waals surface area contributed by atoms with E-state index < -0.39 is 0 Å². The van der Waals surface area contributed by atoms with Crippen LogP contribution < -0.4 is 0 Å². The second-order valence-corrected chi connectivity index (χ2v) is 6.72. The molecule has 0 bridgehead atoms. The Morgan fingerprint density at radius 2 is 2.00 bits per heavy atom. The average molecular weight is 292 g/mol. The summed E-state index contributed by atoms with van der Waals surface area (Å²) in [6.07, 6.45) is 5.26. The highest BCUT2D eigenvalue weighted by atomic mass is 32.1. The van der Waals surface area contributed by atoms with Crippen LogP contribution in [0.1, 0.15) is 49.2 Å². The van der Waals surface area contributed by atoms with E-state index in [0.29, 0.717) is 12.0 Å². The van der Waals surface area contributed by atoms with Crippen LogP contribution in [0.2, 0.25) is 0 Å². The molecule has 2 fully saturated rings. The smallest absolute Gasteiger partial charge is 0.130 e. The minimum absolute atomic E-state index is 0.330. The number of nitrogens with zero attached hydrogens (tertiary/aromatic N) is 3. The van der Waals surface area contributed by atoms with Crippen molar-refractivity contribution in [2.75, 3.05) is 33.7 Å². The molecule has 1 aromatic rings. The van der Waals surface area contributed by atoms with E-state index in [1.807, 2.05) is 0 Å². The fourth-order valence-corrected chi connectivity index (χ4v) is 3.64. The van der Waals surface area contributed by atoms with Crippen LogP contribution in [0.4, 0.5) is 0 Å². The summed E-state index contributed by atoms with van der Waals surface area (Å²) < 4.78 is 0.738. The number of aromatic nitrogens is 2. The molecular weight excluding hydrogens is 268 g/mol. The van der Waals surface area contributed by atoms with Gasteiger partial charge in [-0.2, -0.15) is 0 Å². The largest absolute Gasteiger partial charge is 0.345 e. The molecule has 1 unspecified atom stereocenters. The molecule has 2 heterocycles. The minimum Gasteiger partial charge on any atom is -0.345 e. The third-order valence-corrected chi connectivity index (χ3v) is 4.95. The summed E-state index contributed by atoms with van der Waals surface area (Å²) in [5.74, 6) is 1.71. The van der Waals surface area contributed by atoms with Crippen molar-refractivity contribution < 1.29 is 0 Å². The van der Waals surface area contributed by atoms with Gasteiger partial charge in [0.25, 0.3) is 0 Å². The minimum atomic E-state index is 0.330. The summed E-state index contributed by atoms with van der Waals surface area (Å²) in [5.41, 5.74) is 1.30. The van der Waals surface area contributed by atoms with Gasteiger partial charge in [-0.15, -0.1) is 0 Å². The number of nitrogens with one attached hydrogen (secondary N) is 1. The molecule has 0 amide bonds. The van der Waals surface area contributed by atoms with Gasteiger partial charge >= 0.3 is 0 Å². The Kier molecular flexibility index (Phi) is 4.19. The van der Waals surface area contributed by atoms with E-state index in [-0.39, 0.29) is 0 Å². The van der Waals surface area contributed by atoms with Crippen molar-refractivity contribution in [3.05, 3.63) is 22.2 Å². The quantitative estimate of drug-likeness (QED) is 0.850. The first-order valence-electron chi connectivity index (χ1n) is 7.63. The number of hydrogen-bond donors (Lipinski definition) is 1. The number of piperazine rings is 1. The van der Waals surface area contributed by atoms with Crippen LogP contribution in [0, 0.1) is 4.64 Å². The van der Waals surface area contributed by atoms with Crippen molar-refractivity contribution >= 4 is 12.2 Å². The maximum absolute atomic E-state index is 5.40. The van der Waals surface area contributed by atoms with Gasteiger partial charge in [0.05, 0.1) is 6.04 Å². The van der Waals surface area contributed by atoms with E-state index in [1.165, 1.54) is 31.4 Å². The highest BCUT2D eigenvalue weighted by molar-refractivity contribution is 7.71. The van der Waals surface area contributed by atoms with E-state index in [9.17, 15) is 0 Å². The number of likely N-dealkylation sites (N-methyl/N-ethyl adjacent to an activating group) is 2. The van der Waals surface area contributed by atoms with Crippen LogP contribution in [-0.4, -0.2) is 53.5 Å². The highest BCUT2D eigenvalue weighted by Gasteiger charge is 2.26. The van der Waals surface area contributed by atoms with Crippen LogP contribution in [0.5, 0.6) is 0 Å². The molecule has 1 saturated carbocycles. The van der Waals surface area contributed by atoms with Gasteiger partial charge in [-0.1, -0.05) is 25.1 Å². The van der Waals surface area contributed by atoms with Gasteiger partial charge in [-0.25, -0.2) is 4.98 Å². The molecule has 1 aromatic heterocycles. The Morgan fingerprint density at radius 3 is 2.75 bits per heavy atom. The van der Waals surface area contributed by atoms with Crippen molar-refractivity contribution in [2.45, 2.75) is 37.6 Å². The van der Waals surface area contributed by atoms with Gasteiger partial charge in [-0.05, 0) is 38.9 Å². The number of hydrogen-bond acceptors (Lipinski definition) is 4. The molecule has 110 valence electrons. The second-order valence-electron chi connectivity index (χ2n) is 6.30. The van der Waals surface area contributed by atoms with E-state index in [4.69, 9.17) is 12.2 Å². The molecule has 1 N–H and O–H groups in total. The molecule has 1 aliphatic heterocycles. The van der Waals surface area contributed by atoms with Crippen LogP contribution in [0.3, 0.4) is 0 Å². The second kappa shape index (κ2) is 5.92. The summed E-state index contributed by atoms with van der Waals surface area (Å²) in [5, 5.41) is 0. The molecule has 3 rings (SSSR count). The first kappa shape index (κ1) is 14.2. The number of aromatic amines is 1. The Morgan fingerprint density at radius 1 is 1.25 bits per heavy atom. The van der Waals surface area contributed by atoms with Crippen LogP contribution in [0.15, 0.2) is 6.07 Å². The molecule has 4 nitrogen and oxygen atoms in total. The molecule has 0 spiro atoms. The predicted molar refractivity (Wildman–Crippen MR) is 83.5 cm³/mol. The monoisotopic (exact) mass is 292 g/mol. The fourth-order valence-electron chi connectivity index (χ4n) is 3.42. The van der Waals surface area contributed by atoms with Gasteiger partial charge in [0.2, 0.25) is 0 Å². The topological polar surface area (TPSA) is 35.2 Å². The van der Waals surface area contributed by atoms with Crippen molar-refractivity contribution in [1.29, 1.82) is 0 Å². The molecule has 0 radical (unpaired) electrons. The summed E-state index contributed by atoms with van der Waals surface area (Å²) >= 11 is 5.40. The SMILES string of the molecule is CN1CCN(C)C(c2nc(=S)cc(C3CCCC3)[nH]2)C1. The summed E-state index contributed by atoms with van der Waals surface area (Å²) in [6.45, 7) is 3.22. The van der Waals surface area contributed by atoms with Gasteiger partial charge < -0.3 is 9.88 Å². The maximum Gasteiger partial charge on any atom is 0.130 e. The van der Waals surface area contributed by atoms with Crippen molar-refractivity contribution in [2.24, 2.45) is 0 Å². The highest BCUT2D eigenvalue weighted by Crippen LogP contribution is 2.33. The van der Waals surface area contributed by atoms with Crippen LogP contribution in [-0.2, 0) is 0 Å². The summed E-state index contributed by atoms with van der Waals surface area (Å²) in [6, 6.07) is 2.40. The normalized spacial score (nSPS) is 26.2. The van der Waals surface area contributed by atoms with Gasteiger partial charge in [0.1, 0.15) is 10.5 Å². The molecule has 1 saturated heterocycles. The van der Waals surface area contributed by atoms with Crippen LogP contribution >= 0.6 is 12.2 Å². The van der Waals surface area contributed by atoms with E-state index in [0.717, 1.165) is 30.1 Å². The Bertz CT molecular complexity index is 521. The molecule has 0 aromatic carbocycles. The van der Waals surface area contributed by atoms with Crippen molar-refractivity contribution in [3.63, 3.8) is 0 Å². The lowest BCUT2D eigenvalue weighted by Gasteiger charge is -2.37. The van der Waals surface area contributed by atoms with Gasteiger partial charge in [0.15, 0.2) is 0 Å². The number of rotatable bonds is 2. The molecule has 1 aliphatic carbocycles. The zero-order valence-corrected chi connectivity index (χ0v) is 13.2. The first-order valence-corrected chi connectivity index (χ1v) is 8.04. The standard InChI is InChI=1S/C15H24N4S/c1-18-7-8-19(2)13(10-18)15-16-12(9-14(20)17-15)11-5-3-4-6-11/h9,11,13H,3-8,10H2,1-2H3,(H,16,17,20). The van der Waals surface area contributed by atoms with E-state index >= 15 is 0 Å². The molecule has 1 atom stereocenters. The van der Waals surface area contributed by atoms with Gasteiger partial charge in [-0.3, -0.25) is 4.90 Å². The van der Waals surface area contributed by atoms with Crippen molar-refractivity contribution in [1.82, 2.24) is 19.8 Å². The predicted octanol–water partition coefficient (Wildman–Crippen LogP) is 2.72. The summed E-state index contributed by atoms with van der Waals surface area (Å²) in [4.78, 5) is 13.0. The van der Waals surface area contributed by atoms with Crippen molar-refractivity contribution in [3.8, 4) is 0 Å². The first-order chi connectivity index (χ1) is 9.63. The molecule has 5 heteroatoms. The third kappa shape index (κ3) is 2.95. The lowest BCUT2D eigenvalue weighted by molar-refractivity contribution is 0.109. The van der Waals surface area contributed by atoms with E-state index in [1.54, 1.807) is 0 Å². The number of H-pyrrole nitrogens is 1. The average Bonchev–Trinajstić information content (AvgIpc) is 2.95. The Hall–Kier alpha value is -0.780. The Labute approximate surface area is 126 Å². The zero-order chi connectivity index (χ0) is 14.1. The van der Waals surface area contributed by atoms with Gasteiger partial charge in [0, 0.05) is 25.3 Å². The molecule has 2 aliphatic rings. The fraction of sp³-hybridized carbons (Fsp3) is 0.733.